The molecule has 0 saturated carbocycles. The lowest BCUT2D eigenvalue weighted by atomic mass is 10.2. The highest BCUT2D eigenvalue weighted by molar-refractivity contribution is 5.93. The lowest BCUT2D eigenvalue weighted by Crippen LogP contribution is -2.35. The first-order valence-corrected chi connectivity index (χ1v) is 5.83. The molecule has 0 radical (unpaired) electrons. The second-order valence-corrected chi connectivity index (χ2v) is 3.81. The van der Waals surface area contributed by atoms with Crippen molar-refractivity contribution in [3.05, 3.63) is 30.1 Å². The van der Waals surface area contributed by atoms with Crippen molar-refractivity contribution in [2.45, 2.75) is 12.8 Å². The van der Waals surface area contributed by atoms with E-state index >= 15 is 0 Å². The average Bonchev–Trinajstić information content (AvgIpc) is 2.42. The molecule has 1 heterocycles. The molecule has 0 fully saturated rings. The molecule has 1 aromatic heterocycles. The van der Waals surface area contributed by atoms with Gasteiger partial charge in [-0.25, -0.2) is 0 Å². The smallest absolute Gasteiger partial charge is 0.252 e. The van der Waals surface area contributed by atoms with Gasteiger partial charge in [-0.3, -0.25) is 19.4 Å². The van der Waals surface area contributed by atoms with E-state index in [1.54, 1.807) is 18.3 Å². The van der Waals surface area contributed by atoms with Crippen LogP contribution in [0.3, 0.4) is 0 Å². The first-order chi connectivity index (χ1) is 9.09. The Morgan fingerprint density at radius 3 is 2.53 bits per heavy atom. The van der Waals surface area contributed by atoms with Crippen LogP contribution in [0.15, 0.2) is 24.5 Å². The Hall–Kier alpha value is -2.44. The highest BCUT2D eigenvalue weighted by atomic mass is 16.2. The molecule has 0 aromatic carbocycles. The zero-order chi connectivity index (χ0) is 14.1. The van der Waals surface area contributed by atoms with Gasteiger partial charge >= 0.3 is 0 Å². The van der Waals surface area contributed by atoms with Crippen LogP contribution in [0.5, 0.6) is 0 Å². The molecule has 1 rings (SSSR count). The van der Waals surface area contributed by atoms with Crippen LogP contribution in [0.1, 0.15) is 23.2 Å². The van der Waals surface area contributed by atoms with Gasteiger partial charge in [-0.15, -0.1) is 0 Å². The molecule has 7 nitrogen and oxygen atoms in total. The Morgan fingerprint density at radius 2 is 1.89 bits per heavy atom. The number of hydrogen-bond donors (Lipinski definition) is 3. The summed E-state index contributed by atoms with van der Waals surface area (Å²) in [6, 6.07) is 3.31. The Labute approximate surface area is 110 Å². The van der Waals surface area contributed by atoms with Crippen molar-refractivity contribution in [2.75, 3.05) is 13.1 Å². The van der Waals surface area contributed by atoms with Crippen molar-refractivity contribution in [3.63, 3.8) is 0 Å². The van der Waals surface area contributed by atoms with E-state index < -0.39 is 5.91 Å². The third-order valence-corrected chi connectivity index (χ3v) is 2.25. The summed E-state index contributed by atoms with van der Waals surface area (Å²) >= 11 is 0. The lowest BCUT2D eigenvalue weighted by molar-refractivity contribution is -0.125. The first-order valence-electron chi connectivity index (χ1n) is 5.83. The maximum absolute atomic E-state index is 11.6. The number of carbonyl (C=O) groups excluding carboxylic acids is 3. The normalized spacial score (nSPS) is 9.68. The van der Waals surface area contributed by atoms with Crippen LogP contribution in [0.4, 0.5) is 0 Å². The fourth-order valence-corrected chi connectivity index (χ4v) is 1.30. The van der Waals surface area contributed by atoms with Crippen LogP contribution < -0.4 is 16.4 Å². The minimum atomic E-state index is -0.514. The van der Waals surface area contributed by atoms with Crippen molar-refractivity contribution in [2.24, 2.45) is 5.73 Å². The van der Waals surface area contributed by atoms with Crippen molar-refractivity contribution in [3.8, 4) is 0 Å². The summed E-state index contributed by atoms with van der Waals surface area (Å²) in [5.41, 5.74) is 5.38. The van der Waals surface area contributed by atoms with Gasteiger partial charge in [0.25, 0.3) is 5.91 Å². The third-order valence-electron chi connectivity index (χ3n) is 2.25. The molecule has 0 aliphatic rings. The molecule has 3 amide bonds. The van der Waals surface area contributed by atoms with Crippen LogP contribution >= 0.6 is 0 Å². The summed E-state index contributed by atoms with van der Waals surface area (Å²) in [6.45, 7) is 0.597. The molecule has 4 N–H and O–H groups in total. The molecule has 0 bridgehead atoms. The number of carbonyl (C=O) groups is 3. The summed E-state index contributed by atoms with van der Waals surface area (Å²) in [7, 11) is 0. The summed E-state index contributed by atoms with van der Waals surface area (Å²) in [4.78, 5) is 37.1. The van der Waals surface area contributed by atoms with Gasteiger partial charge in [0.05, 0.1) is 5.56 Å². The Morgan fingerprint density at radius 1 is 1.16 bits per heavy atom. The van der Waals surface area contributed by atoms with Gasteiger partial charge in [0, 0.05) is 38.3 Å². The first kappa shape index (κ1) is 14.6. The van der Waals surface area contributed by atoms with Crippen molar-refractivity contribution in [1.82, 2.24) is 15.6 Å². The van der Waals surface area contributed by atoms with Crippen LogP contribution in [-0.4, -0.2) is 35.8 Å². The van der Waals surface area contributed by atoms with Crippen molar-refractivity contribution in [1.29, 1.82) is 0 Å². The molecule has 102 valence electrons. The Bertz CT molecular complexity index is 448. The second kappa shape index (κ2) is 7.80. The number of nitrogens with zero attached hydrogens (tertiary/aromatic N) is 1. The van der Waals surface area contributed by atoms with Crippen molar-refractivity contribution < 1.29 is 14.4 Å². The summed E-state index contributed by atoms with van der Waals surface area (Å²) in [6.07, 6.45) is 3.12. The fraction of sp³-hybridized carbons (Fsp3) is 0.333. The zero-order valence-electron chi connectivity index (χ0n) is 10.4. The average molecular weight is 264 g/mol. The molecule has 19 heavy (non-hydrogen) atoms. The number of nitrogens with two attached hydrogens (primary N) is 1. The van der Waals surface area contributed by atoms with Crippen LogP contribution in [0, 0.1) is 0 Å². The monoisotopic (exact) mass is 264 g/mol. The second-order valence-electron chi connectivity index (χ2n) is 3.81. The van der Waals surface area contributed by atoms with Gasteiger partial charge in [-0.2, -0.15) is 0 Å². The van der Waals surface area contributed by atoms with E-state index in [1.807, 2.05) is 0 Å². The lowest BCUT2D eigenvalue weighted by Gasteiger charge is -2.06. The number of pyridine rings is 1. The highest BCUT2D eigenvalue weighted by Gasteiger charge is 2.05. The minimum absolute atomic E-state index is 0.0217. The van der Waals surface area contributed by atoms with Crippen LogP contribution in [0.2, 0.25) is 0 Å². The molecule has 0 unspecified atom stereocenters. The van der Waals surface area contributed by atoms with E-state index in [4.69, 9.17) is 5.73 Å². The molecule has 0 aliphatic carbocycles. The number of hydrogen-bond acceptors (Lipinski definition) is 4. The van der Waals surface area contributed by atoms with Gasteiger partial charge in [0.2, 0.25) is 11.8 Å². The molecule has 0 spiro atoms. The molecule has 7 heteroatoms. The predicted molar refractivity (Wildman–Crippen MR) is 68.0 cm³/mol. The third kappa shape index (κ3) is 6.16. The Balaban J connectivity index is 2.16. The molecule has 0 aliphatic heterocycles. The molecular formula is C12H16N4O3. The maximum Gasteiger partial charge on any atom is 0.252 e. The van der Waals surface area contributed by atoms with Crippen LogP contribution in [-0.2, 0) is 9.59 Å². The SMILES string of the molecule is NC(=O)CCC(=O)NCCNC(=O)c1cccnc1. The highest BCUT2D eigenvalue weighted by Crippen LogP contribution is 1.94. The van der Waals surface area contributed by atoms with E-state index in [9.17, 15) is 14.4 Å². The van der Waals surface area contributed by atoms with Gasteiger partial charge < -0.3 is 16.4 Å². The Kier molecular flexibility index (Phi) is 6.00. The quantitative estimate of drug-likeness (QED) is 0.559. The molecule has 1 aromatic rings. The maximum atomic E-state index is 11.6. The number of nitrogens with one attached hydrogen (secondary N) is 2. The van der Waals surface area contributed by atoms with E-state index in [-0.39, 0.29) is 24.7 Å². The minimum Gasteiger partial charge on any atom is -0.370 e. The molecular weight excluding hydrogens is 248 g/mol. The van der Waals surface area contributed by atoms with Crippen LogP contribution in [0.25, 0.3) is 0 Å². The zero-order valence-corrected chi connectivity index (χ0v) is 10.4. The van der Waals surface area contributed by atoms with Gasteiger partial charge in [0.1, 0.15) is 0 Å². The van der Waals surface area contributed by atoms with Crippen molar-refractivity contribution >= 4 is 17.7 Å². The number of aromatic nitrogens is 1. The largest absolute Gasteiger partial charge is 0.370 e. The van der Waals surface area contributed by atoms with Gasteiger partial charge in [0.15, 0.2) is 0 Å². The topological polar surface area (TPSA) is 114 Å². The summed E-state index contributed by atoms with van der Waals surface area (Å²) in [5, 5.41) is 5.20. The summed E-state index contributed by atoms with van der Waals surface area (Å²) in [5.74, 6) is -1.03. The van der Waals surface area contributed by atoms with E-state index in [1.165, 1.54) is 6.20 Å². The van der Waals surface area contributed by atoms with Gasteiger partial charge in [-0.1, -0.05) is 0 Å². The molecule has 0 atom stereocenters. The number of primary amides is 1. The standard InChI is InChI=1S/C12H16N4O3/c13-10(17)3-4-11(18)15-6-7-16-12(19)9-2-1-5-14-8-9/h1-2,5,8H,3-4,6-7H2,(H2,13,17)(H,15,18)(H,16,19). The number of rotatable bonds is 7. The fourth-order valence-electron chi connectivity index (χ4n) is 1.30. The van der Waals surface area contributed by atoms with E-state index in [0.29, 0.717) is 18.7 Å². The van der Waals surface area contributed by atoms with Gasteiger partial charge in [-0.05, 0) is 12.1 Å². The summed E-state index contributed by atoms with van der Waals surface area (Å²) < 4.78 is 0. The van der Waals surface area contributed by atoms with E-state index in [0.717, 1.165) is 0 Å². The van der Waals surface area contributed by atoms with E-state index in [2.05, 4.69) is 15.6 Å². The molecule has 0 saturated heterocycles. The predicted octanol–water partition coefficient (Wildman–Crippen LogP) is -0.807. The number of amides is 3.